The van der Waals surface area contributed by atoms with E-state index in [2.05, 4.69) is 75.8 Å². The van der Waals surface area contributed by atoms with Crippen molar-refractivity contribution in [2.24, 2.45) is 5.41 Å². The molecule has 5 heterocycles. The molecule has 12 nitrogen and oxygen atoms in total. The number of carbonyl (C=O) groups is 5. The largest absolute Gasteiger partial charge is 0.488 e. The lowest BCUT2D eigenvalue weighted by molar-refractivity contribution is -0.136. The Bertz CT molecular complexity index is 2380. The molecule has 4 aromatic carbocycles. The fourth-order valence-corrected chi connectivity index (χ4v) is 11.1. The fraction of sp³-hybridized carbons (Fsp3) is 0.396. The van der Waals surface area contributed by atoms with E-state index in [9.17, 15) is 34.0 Å². The summed E-state index contributed by atoms with van der Waals surface area (Å²) in [6.45, 7) is 4.82. The van der Waals surface area contributed by atoms with Crippen LogP contribution in [0.5, 0.6) is 0 Å². The van der Waals surface area contributed by atoms with Gasteiger partial charge in [0.2, 0.25) is 17.7 Å². The number of piperidine rings is 3. The van der Waals surface area contributed by atoms with Gasteiger partial charge < -0.3 is 19.8 Å². The third kappa shape index (κ3) is 7.26. The fourth-order valence-electron chi connectivity index (χ4n) is 11.1. The standard InChI is InChI=1S/C48H50BN5O7/c55-42-15-14-41(45(57)50-42)54-46(58)39-25-33-27-53(28-34(33)26-40(39)47(54)59)43(56)29-51-20-16-48(17-21-51)18-22-52(23-19-48)36-10-6-31(7-11-36)44-37(30-4-2-1-3-5-30)12-8-32-24-35(49(60)61)9-13-38(32)44/h1-7,9-11,13,24-26,37,41,44,60-61H,8,12,14-23,27-29H2,(H,50,55,57)/t37-,41-,44+/m1/s1. The number of rotatable bonds is 7. The van der Waals surface area contributed by atoms with Crippen molar-refractivity contribution in [1.82, 2.24) is 20.0 Å². The molecule has 13 heteroatoms. The quantitative estimate of drug-likeness (QED) is 0.187. The molecule has 6 aliphatic rings. The van der Waals surface area contributed by atoms with Crippen LogP contribution in [0.15, 0.2) is 84.9 Å². The smallest absolute Gasteiger partial charge is 0.423 e. The average molecular weight is 820 g/mol. The van der Waals surface area contributed by atoms with Gasteiger partial charge in [-0.05, 0) is 132 Å². The van der Waals surface area contributed by atoms with Crippen LogP contribution in [-0.2, 0) is 33.9 Å². The molecule has 61 heavy (non-hydrogen) atoms. The van der Waals surface area contributed by atoms with Gasteiger partial charge in [-0.25, -0.2) is 0 Å². The normalized spacial score (nSPS) is 23.5. The number of nitrogens with one attached hydrogen (secondary N) is 1. The molecule has 312 valence electrons. The first-order valence-corrected chi connectivity index (χ1v) is 21.8. The van der Waals surface area contributed by atoms with Gasteiger partial charge in [-0.2, -0.15) is 0 Å². The number of nitrogens with zero attached hydrogens (tertiary/aromatic N) is 4. The van der Waals surface area contributed by atoms with Crippen molar-refractivity contribution in [2.75, 3.05) is 37.6 Å². The highest BCUT2D eigenvalue weighted by Crippen LogP contribution is 2.47. The van der Waals surface area contributed by atoms with Crippen LogP contribution >= 0.6 is 0 Å². The molecule has 1 aliphatic carbocycles. The summed E-state index contributed by atoms with van der Waals surface area (Å²) in [6, 6.07) is 28.2. The van der Waals surface area contributed by atoms with E-state index in [1.807, 2.05) is 12.1 Å². The number of carbonyl (C=O) groups excluding carboxylic acids is 5. The minimum atomic E-state index is -1.48. The maximum atomic E-state index is 13.6. The van der Waals surface area contributed by atoms with Crippen molar-refractivity contribution in [3.05, 3.63) is 129 Å². The maximum Gasteiger partial charge on any atom is 0.488 e. The lowest BCUT2D eigenvalue weighted by Gasteiger charge is -2.47. The van der Waals surface area contributed by atoms with Crippen molar-refractivity contribution in [3.63, 3.8) is 0 Å². The van der Waals surface area contributed by atoms with Gasteiger partial charge in [0.05, 0.1) is 17.7 Å². The van der Waals surface area contributed by atoms with E-state index in [1.165, 1.54) is 27.9 Å². The molecule has 1 spiro atoms. The molecule has 3 fully saturated rings. The molecule has 0 bridgehead atoms. The highest BCUT2D eigenvalue weighted by Gasteiger charge is 2.46. The van der Waals surface area contributed by atoms with E-state index in [-0.39, 0.29) is 41.2 Å². The van der Waals surface area contributed by atoms with Crippen LogP contribution in [0.1, 0.15) is 111 Å². The molecule has 0 radical (unpaired) electrons. The molecule has 5 amide bonds. The minimum absolute atomic E-state index is 0.0360. The second kappa shape index (κ2) is 15.7. The number of fused-ring (bicyclic) bond motifs is 3. The number of anilines is 1. The van der Waals surface area contributed by atoms with Crippen LogP contribution in [0.3, 0.4) is 0 Å². The summed E-state index contributed by atoms with van der Waals surface area (Å²) in [7, 11) is -1.48. The minimum Gasteiger partial charge on any atom is -0.423 e. The molecule has 10 rings (SSSR count). The van der Waals surface area contributed by atoms with Crippen LogP contribution < -0.4 is 15.7 Å². The molecule has 0 saturated carbocycles. The predicted molar refractivity (Wildman–Crippen MR) is 229 cm³/mol. The van der Waals surface area contributed by atoms with Gasteiger partial charge in [0.15, 0.2) is 0 Å². The summed E-state index contributed by atoms with van der Waals surface area (Å²) in [4.78, 5) is 72.0. The number of imide groups is 2. The Hall–Kier alpha value is -5.63. The van der Waals surface area contributed by atoms with Crippen LogP contribution in [0, 0.1) is 5.41 Å². The van der Waals surface area contributed by atoms with Gasteiger partial charge in [-0.15, -0.1) is 0 Å². The van der Waals surface area contributed by atoms with Gasteiger partial charge >= 0.3 is 7.12 Å². The third-order valence-electron chi connectivity index (χ3n) is 14.7. The molecule has 4 aromatic rings. The molecule has 3 saturated heterocycles. The first-order valence-electron chi connectivity index (χ1n) is 21.8. The summed E-state index contributed by atoms with van der Waals surface area (Å²) < 4.78 is 0. The van der Waals surface area contributed by atoms with Gasteiger partial charge in [0.1, 0.15) is 6.04 Å². The summed E-state index contributed by atoms with van der Waals surface area (Å²) >= 11 is 0. The van der Waals surface area contributed by atoms with E-state index in [1.54, 1.807) is 17.0 Å². The van der Waals surface area contributed by atoms with Crippen LogP contribution in [0.4, 0.5) is 5.69 Å². The Morgan fingerprint density at radius 3 is 2.02 bits per heavy atom. The Kier molecular flexibility index (Phi) is 10.2. The number of benzene rings is 4. The molecule has 5 aliphatic heterocycles. The summed E-state index contributed by atoms with van der Waals surface area (Å²) in [5.41, 5.74) is 9.28. The number of aryl methyl sites for hydroxylation is 1. The van der Waals surface area contributed by atoms with Crippen molar-refractivity contribution in [1.29, 1.82) is 0 Å². The zero-order chi connectivity index (χ0) is 42.0. The second-order valence-electron chi connectivity index (χ2n) is 18.1. The van der Waals surface area contributed by atoms with E-state index < -0.39 is 36.8 Å². The summed E-state index contributed by atoms with van der Waals surface area (Å²) in [5.74, 6) is -1.57. The van der Waals surface area contributed by atoms with Gasteiger partial charge in [-0.1, -0.05) is 60.7 Å². The number of amides is 5. The van der Waals surface area contributed by atoms with E-state index in [0.29, 0.717) is 31.0 Å². The molecule has 3 N–H and O–H groups in total. The molecule has 0 unspecified atom stereocenters. The van der Waals surface area contributed by atoms with Crippen molar-refractivity contribution in [2.45, 2.75) is 82.3 Å². The van der Waals surface area contributed by atoms with Gasteiger partial charge in [0, 0.05) is 44.2 Å². The van der Waals surface area contributed by atoms with Crippen molar-refractivity contribution >= 4 is 47.8 Å². The average Bonchev–Trinajstić information content (AvgIpc) is 3.81. The highest BCUT2D eigenvalue weighted by atomic mass is 16.4. The molecule has 3 atom stereocenters. The molecular formula is C48H50BN5O7. The monoisotopic (exact) mass is 819 g/mol. The van der Waals surface area contributed by atoms with Crippen LogP contribution in [0.2, 0.25) is 0 Å². The lowest BCUT2D eigenvalue weighted by Crippen LogP contribution is -2.54. The van der Waals surface area contributed by atoms with Gasteiger partial charge in [0.25, 0.3) is 11.8 Å². The number of hydrogen-bond donors (Lipinski definition) is 3. The number of hydrogen-bond acceptors (Lipinski definition) is 9. The maximum absolute atomic E-state index is 13.6. The van der Waals surface area contributed by atoms with E-state index in [4.69, 9.17) is 0 Å². The van der Waals surface area contributed by atoms with Gasteiger partial charge in [-0.3, -0.25) is 39.1 Å². The molecular weight excluding hydrogens is 769 g/mol. The summed E-state index contributed by atoms with van der Waals surface area (Å²) in [5, 5.41) is 22.0. The Balaban J connectivity index is 0.735. The first-order chi connectivity index (χ1) is 29.5. The predicted octanol–water partition coefficient (Wildman–Crippen LogP) is 3.85. The zero-order valence-corrected chi connectivity index (χ0v) is 34.2. The summed E-state index contributed by atoms with van der Waals surface area (Å²) in [6.07, 6.45) is 6.42. The highest BCUT2D eigenvalue weighted by molar-refractivity contribution is 6.58. The zero-order valence-electron chi connectivity index (χ0n) is 34.2. The van der Waals surface area contributed by atoms with E-state index in [0.717, 1.165) is 80.7 Å². The Morgan fingerprint density at radius 1 is 0.721 bits per heavy atom. The first kappa shape index (κ1) is 39.5. The Labute approximate surface area is 355 Å². The number of likely N-dealkylation sites (tertiary alicyclic amines) is 1. The van der Waals surface area contributed by atoms with E-state index >= 15 is 0 Å². The lowest BCUT2D eigenvalue weighted by atomic mass is 9.67. The van der Waals surface area contributed by atoms with Crippen LogP contribution in [-0.4, -0.2) is 100 Å². The second-order valence-corrected chi connectivity index (χ2v) is 18.1. The van der Waals surface area contributed by atoms with Crippen molar-refractivity contribution in [3.8, 4) is 0 Å². The SMILES string of the molecule is O=C1CC[C@@H](N2C(=O)c3cc4c(cc3C2=O)CN(C(=O)CN2CCC3(CC2)CCN(c2ccc([C@@H]5c6ccc(B(O)O)cc6CC[C@@H]5c5ccccc5)cc2)CC3)C4)C(=O)N1. The topological polar surface area (TPSA) is 151 Å². The van der Waals surface area contributed by atoms with Crippen LogP contribution in [0.25, 0.3) is 0 Å². The van der Waals surface area contributed by atoms with Crippen molar-refractivity contribution < 1.29 is 34.0 Å². The Morgan fingerprint density at radius 2 is 1.38 bits per heavy atom. The third-order valence-corrected chi connectivity index (χ3v) is 14.7. The molecule has 0 aromatic heterocycles.